The van der Waals surface area contributed by atoms with Crippen LogP contribution in [0.15, 0.2) is 30.5 Å². The quantitative estimate of drug-likeness (QED) is 0.887. The van der Waals surface area contributed by atoms with Gasteiger partial charge in [0.25, 0.3) is 0 Å². The van der Waals surface area contributed by atoms with Crippen LogP contribution in [0.3, 0.4) is 0 Å². The van der Waals surface area contributed by atoms with Gasteiger partial charge in [0.1, 0.15) is 0 Å². The minimum atomic E-state index is -4.36. The fourth-order valence-electron chi connectivity index (χ4n) is 2.20. The number of nitrogens with one attached hydrogen (secondary N) is 1. The third kappa shape index (κ3) is 4.04. The number of alkyl halides is 3. The van der Waals surface area contributed by atoms with Crippen LogP contribution in [0.4, 0.5) is 13.2 Å². The summed E-state index contributed by atoms with van der Waals surface area (Å²) in [4.78, 5) is 4.11. The molecule has 0 amide bonds. The highest BCUT2D eigenvalue weighted by molar-refractivity contribution is 7.11. The van der Waals surface area contributed by atoms with Crippen molar-refractivity contribution in [3.8, 4) is 0 Å². The van der Waals surface area contributed by atoms with Gasteiger partial charge >= 0.3 is 6.18 Å². The molecule has 0 spiro atoms. The van der Waals surface area contributed by atoms with Crippen molar-refractivity contribution in [2.45, 2.75) is 32.0 Å². The zero-order valence-corrected chi connectivity index (χ0v) is 12.7. The summed E-state index contributed by atoms with van der Waals surface area (Å²) in [5, 5.41) is 2.29. The van der Waals surface area contributed by atoms with Gasteiger partial charge in [-0.15, -0.1) is 11.3 Å². The number of aromatic nitrogens is 1. The van der Waals surface area contributed by atoms with Gasteiger partial charge in [0.15, 0.2) is 5.01 Å². The van der Waals surface area contributed by atoms with Gasteiger partial charge in [-0.25, -0.2) is 4.98 Å². The molecule has 2 rings (SSSR count). The number of nitrogens with zero attached hydrogens (tertiary/aromatic N) is 1. The fraction of sp³-hybridized carbons (Fsp3) is 0.400. The Labute approximate surface area is 126 Å². The van der Waals surface area contributed by atoms with E-state index in [9.17, 15) is 13.2 Å². The summed E-state index contributed by atoms with van der Waals surface area (Å²) in [6.45, 7) is 2.04. The van der Waals surface area contributed by atoms with Crippen molar-refractivity contribution in [3.05, 3.63) is 51.5 Å². The lowest BCUT2D eigenvalue weighted by Gasteiger charge is -2.14. The normalized spacial score (nSPS) is 13.4. The minimum Gasteiger partial charge on any atom is -0.312 e. The maximum atomic E-state index is 12.6. The van der Waals surface area contributed by atoms with Crippen LogP contribution >= 0.6 is 11.3 Å². The molecule has 0 aliphatic rings. The van der Waals surface area contributed by atoms with Crippen molar-refractivity contribution in [3.63, 3.8) is 0 Å². The second kappa shape index (κ2) is 6.58. The molecule has 1 unspecified atom stereocenters. The predicted molar refractivity (Wildman–Crippen MR) is 78.4 cm³/mol. The Morgan fingerprint density at radius 2 is 2.00 bits per heavy atom. The highest BCUT2D eigenvalue weighted by atomic mass is 32.1. The van der Waals surface area contributed by atoms with E-state index >= 15 is 0 Å². The van der Waals surface area contributed by atoms with Crippen molar-refractivity contribution in [1.82, 2.24) is 10.3 Å². The number of rotatable bonds is 5. The summed E-state index contributed by atoms with van der Waals surface area (Å²) in [6.07, 6.45) is -1.48. The van der Waals surface area contributed by atoms with E-state index in [0.717, 1.165) is 12.8 Å². The highest BCUT2D eigenvalue weighted by Crippen LogP contribution is 2.35. The number of thiazole rings is 1. The van der Waals surface area contributed by atoms with Crippen molar-refractivity contribution in [1.29, 1.82) is 0 Å². The number of hydrogen-bond acceptors (Lipinski definition) is 3. The van der Waals surface area contributed by atoms with Gasteiger partial charge in [-0.05, 0) is 37.9 Å². The van der Waals surface area contributed by atoms with Crippen LogP contribution in [0, 0.1) is 6.92 Å². The van der Waals surface area contributed by atoms with Gasteiger partial charge in [-0.2, -0.15) is 13.2 Å². The molecule has 1 heterocycles. The SMILES string of the molecule is CNC(CCc1ccccc1C)c1cnc(C(F)(F)F)s1. The molecule has 2 nitrogen and oxygen atoms in total. The van der Waals surface area contributed by atoms with Gasteiger partial charge in [0, 0.05) is 17.1 Å². The second-order valence-electron chi connectivity index (χ2n) is 4.87. The number of hydrogen-bond donors (Lipinski definition) is 1. The van der Waals surface area contributed by atoms with Crippen LogP contribution in [0.2, 0.25) is 0 Å². The van der Waals surface area contributed by atoms with Gasteiger partial charge in [-0.1, -0.05) is 24.3 Å². The zero-order valence-electron chi connectivity index (χ0n) is 11.9. The lowest BCUT2D eigenvalue weighted by molar-refractivity contribution is -0.137. The fourth-order valence-corrected chi connectivity index (χ4v) is 3.13. The lowest BCUT2D eigenvalue weighted by Crippen LogP contribution is -2.16. The molecule has 2 aromatic rings. The average molecular weight is 314 g/mol. The monoisotopic (exact) mass is 314 g/mol. The van der Waals surface area contributed by atoms with Gasteiger partial charge in [0.2, 0.25) is 0 Å². The summed E-state index contributed by atoms with van der Waals surface area (Å²) in [5.74, 6) is 0. The highest BCUT2D eigenvalue weighted by Gasteiger charge is 2.35. The van der Waals surface area contributed by atoms with E-state index in [0.29, 0.717) is 16.2 Å². The van der Waals surface area contributed by atoms with Crippen LogP contribution < -0.4 is 5.32 Å². The topological polar surface area (TPSA) is 24.9 Å². The third-order valence-corrected chi connectivity index (χ3v) is 4.58. The van der Waals surface area contributed by atoms with E-state index in [1.165, 1.54) is 17.3 Å². The van der Waals surface area contributed by atoms with E-state index < -0.39 is 11.2 Å². The van der Waals surface area contributed by atoms with Crippen LogP contribution in [0.25, 0.3) is 0 Å². The second-order valence-corrected chi connectivity index (χ2v) is 5.93. The van der Waals surface area contributed by atoms with Crippen LogP contribution in [-0.4, -0.2) is 12.0 Å². The Balaban J connectivity index is 2.07. The van der Waals surface area contributed by atoms with Crippen molar-refractivity contribution >= 4 is 11.3 Å². The lowest BCUT2D eigenvalue weighted by atomic mass is 10.0. The first-order valence-corrected chi connectivity index (χ1v) is 7.48. The Morgan fingerprint density at radius 1 is 1.29 bits per heavy atom. The Bertz CT molecular complexity index is 593. The number of halogens is 3. The van der Waals surface area contributed by atoms with E-state index in [4.69, 9.17) is 0 Å². The Hall–Kier alpha value is -1.40. The van der Waals surface area contributed by atoms with E-state index in [1.807, 2.05) is 25.1 Å². The third-order valence-electron chi connectivity index (χ3n) is 3.42. The summed E-state index contributed by atoms with van der Waals surface area (Å²) < 4.78 is 37.8. The molecule has 0 fully saturated rings. The standard InChI is InChI=1S/C15H17F3N2S/c1-10-5-3-4-6-11(10)7-8-12(19-2)13-9-20-14(21-13)15(16,17)18/h3-6,9,12,19H,7-8H2,1-2H3. The van der Waals surface area contributed by atoms with Crippen molar-refractivity contribution in [2.75, 3.05) is 7.05 Å². The maximum absolute atomic E-state index is 12.6. The molecule has 1 aromatic heterocycles. The molecule has 0 bridgehead atoms. The molecule has 0 aliphatic heterocycles. The number of benzene rings is 1. The first-order chi connectivity index (χ1) is 9.91. The molecular weight excluding hydrogens is 297 g/mol. The van der Waals surface area contributed by atoms with Crippen molar-refractivity contribution in [2.24, 2.45) is 0 Å². The van der Waals surface area contributed by atoms with Gasteiger partial charge in [0.05, 0.1) is 0 Å². The number of aryl methyl sites for hydroxylation is 2. The van der Waals surface area contributed by atoms with Crippen LogP contribution in [-0.2, 0) is 12.6 Å². The first-order valence-electron chi connectivity index (χ1n) is 6.66. The molecule has 0 saturated carbocycles. The summed E-state index contributed by atoms with van der Waals surface area (Å²) in [6, 6.07) is 7.94. The molecule has 0 saturated heterocycles. The van der Waals surface area contributed by atoms with Crippen LogP contribution in [0.1, 0.15) is 33.5 Å². The van der Waals surface area contributed by atoms with E-state index in [2.05, 4.69) is 16.4 Å². The van der Waals surface area contributed by atoms with E-state index in [-0.39, 0.29) is 6.04 Å². The minimum absolute atomic E-state index is 0.113. The van der Waals surface area contributed by atoms with Crippen LogP contribution in [0.5, 0.6) is 0 Å². The van der Waals surface area contributed by atoms with Gasteiger partial charge in [-0.3, -0.25) is 0 Å². The van der Waals surface area contributed by atoms with Gasteiger partial charge < -0.3 is 5.32 Å². The Morgan fingerprint density at radius 3 is 2.57 bits per heavy atom. The molecule has 21 heavy (non-hydrogen) atoms. The molecule has 0 aliphatic carbocycles. The molecule has 6 heteroatoms. The van der Waals surface area contributed by atoms with Crippen molar-refractivity contribution < 1.29 is 13.2 Å². The summed E-state index contributed by atoms with van der Waals surface area (Å²) >= 11 is 0.713. The molecular formula is C15H17F3N2S. The molecule has 1 atom stereocenters. The largest absolute Gasteiger partial charge is 0.443 e. The molecule has 0 radical (unpaired) electrons. The smallest absolute Gasteiger partial charge is 0.312 e. The Kier molecular flexibility index (Phi) is 5.00. The molecule has 114 valence electrons. The zero-order chi connectivity index (χ0) is 15.5. The summed E-state index contributed by atoms with van der Waals surface area (Å²) in [5.41, 5.74) is 2.42. The average Bonchev–Trinajstić information content (AvgIpc) is 2.91. The molecule has 1 aromatic carbocycles. The van der Waals surface area contributed by atoms with E-state index in [1.54, 1.807) is 7.05 Å². The predicted octanol–water partition coefficient (Wildman–Crippen LogP) is 4.36. The first kappa shape index (κ1) is 16.0. The summed E-state index contributed by atoms with van der Waals surface area (Å²) in [7, 11) is 1.76. The molecule has 1 N–H and O–H groups in total. The maximum Gasteiger partial charge on any atom is 0.443 e.